The predicted molar refractivity (Wildman–Crippen MR) is 116 cm³/mol. The zero-order valence-electron chi connectivity index (χ0n) is 16.3. The van der Waals surface area contributed by atoms with E-state index in [0.29, 0.717) is 40.6 Å². The van der Waals surface area contributed by atoms with Crippen LogP contribution in [0.15, 0.2) is 42.6 Å². The summed E-state index contributed by atoms with van der Waals surface area (Å²) in [5, 5.41) is 9.66. The van der Waals surface area contributed by atoms with Crippen LogP contribution < -0.4 is 9.46 Å². The predicted octanol–water partition coefficient (Wildman–Crippen LogP) is 2.68. The molecule has 3 rings (SSSR count). The number of aryl methyl sites for hydroxylation is 1. The van der Waals surface area contributed by atoms with Crippen LogP contribution >= 0.6 is 11.6 Å². The number of ether oxygens (including phenoxy) is 1. The van der Waals surface area contributed by atoms with Gasteiger partial charge in [0.15, 0.2) is 5.78 Å². The Morgan fingerprint density at radius 1 is 1.23 bits per heavy atom. The molecule has 7 nitrogen and oxygen atoms in total. The highest BCUT2D eigenvalue weighted by molar-refractivity contribution is 7.70. The average Bonchev–Trinajstić information content (AvgIpc) is 2.76. The number of benzene rings is 2. The lowest BCUT2D eigenvalue weighted by molar-refractivity contribution is 0.103. The Kier molecular flexibility index (Phi) is 7.91. The second-order valence-electron chi connectivity index (χ2n) is 6.67. The molecule has 0 radical (unpaired) electrons. The van der Waals surface area contributed by atoms with Gasteiger partial charge in [0.05, 0.1) is 23.3 Å². The van der Waals surface area contributed by atoms with Crippen LogP contribution in [0.3, 0.4) is 0 Å². The van der Waals surface area contributed by atoms with Crippen molar-refractivity contribution in [2.75, 3.05) is 19.8 Å². The van der Waals surface area contributed by atoms with E-state index in [-0.39, 0.29) is 30.3 Å². The third-order valence-corrected chi connectivity index (χ3v) is 5.43. The number of aromatic nitrogens is 1. The number of fused-ring (bicyclic) bond motifs is 1. The summed E-state index contributed by atoms with van der Waals surface area (Å²) in [5.74, 6) is -0.603. The first-order valence-corrected chi connectivity index (χ1v) is 11.0. The van der Waals surface area contributed by atoms with Crippen LogP contribution in [0.4, 0.5) is 4.39 Å². The van der Waals surface area contributed by atoms with E-state index >= 15 is 0 Å². The van der Waals surface area contributed by atoms with E-state index in [1.165, 1.54) is 12.3 Å². The van der Waals surface area contributed by atoms with Gasteiger partial charge in [0.25, 0.3) is 0 Å². The Bertz CT molecular complexity index is 1180. The fourth-order valence-corrected chi connectivity index (χ4v) is 3.72. The van der Waals surface area contributed by atoms with Gasteiger partial charge in [0, 0.05) is 23.1 Å². The lowest BCUT2D eigenvalue weighted by Crippen LogP contribution is -2.13. The van der Waals surface area contributed by atoms with Gasteiger partial charge in [-0.15, -0.1) is 0 Å². The maximum absolute atomic E-state index is 14.2. The van der Waals surface area contributed by atoms with E-state index in [1.807, 2.05) is 0 Å². The third-order valence-electron chi connectivity index (χ3n) is 4.50. The molecule has 164 valence electrons. The van der Waals surface area contributed by atoms with Crippen molar-refractivity contribution in [3.8, 4) is 5.75 Å². The van der Waals surface area contributed by atoms with Gasteiger partial charge in [-0.05, 0) is 54.8 Å². The van der Waals surface area contributed by atoms with Crippen LogP contribution in [-0.2, 0) is 17.3 Å². The molecule has 0 bridgehead atoms. The first-order chi connectivity index (χ1) is 14.9. The van der Waals surface area contributed by atoms with Crippen molar-refractivity contribution >= 4 is 39.2 Å². The van der Waals surface area contributed by atoms with Crippen molar-refractivity contribution in [2.24, 2.45) is 0 Å². The zero-order valence-corrected chi connectivity index (χ0v) is 18.0. The largest absolute Gasteiger partial charge is 0.490 e. The Balaban J connectivity index is 1.88. The molecule has 10 heteroatoms. The van der Waals surface area contributed by atoms with E-state index in [9.17, 15) is 17.6 Å². The van der Waals surface area contributed by atoms with E-state index in [1.54, 1.807) is 24.3 Å². The molecule has 0 spiro atoms. The average molecular weight is 467 g/mol. The Labute approximate surface area is 184 Å². The molecule has 0 unspecified atom stereocenters. The van der Waals surface area contributed by atoms with Gasteiger partial charge in [-0.1, -0.05) is 11.6 Å². The van der Waals surface area contributed by atoms with Crippen LogP contribution in [0.2, 0.25) is 5.02 Å². The molecular weight excluding hydrogens is 447 g/mol. The maximum atomic E-state index is 14.2. The van der Waals surface area contributed by atoms with Crippen LogP contribution in [0.25, 0.3) is 10.9 Å². The van der Waals surface area contributed by atoms with Gasteiger partial charge in [-0.2, -0.15) is 0 Å². The topological polar surface area (TPSA) is 106 Å². The highest BCUT2D eigenvalue weighted by Gasteiger charge is 2.18. The lowest BCUT2D eigenvalue weighted by atomic mass is 9.98. The minimum Gasteiger partial charge on any atom is -0.490 e. The van der Waals surface area contributed by atoms with Crippen molar-refractivity contribution in [1.82, 2.24) is 9.71 Å². The minimum absolute atomic E-state index is 0.0273. The van der Waals surface area contributed by atoms with Crippen LogP contribution in [0.5, 0.6) is 5.75 Å². The monoisotopic (exact) mass is 466 g/mol. The summed E-state index contributed by atoms with van der Waals surface area (Å²) < 4.78 is 42.9. The smallest absolute Gasteiger partial charge is 0.201 e. The summed E-state index contributed by atoms with van der Waals surface area (Å²) in [6, 6.07) is 8.90. The molecule has 0 saturated heterocycles. The van der Waals surface area contributed by atoms with E-state index in [2.05, 4.69) is 9.71 Å². The molecule has 1 heterocycles. The highest BCUT2D eigenvalue weighted by atomic mass is 35.5. The molecule has 0 aliphatic heterocycles. The van der Waals surface area contributed by atoms with Crippen molar-refractivity contribution in [3.05, 3.63) is 70.1 Å². The number of carbonyl (C=O) groups is 1. The van der Waals surface area contributed by atoms with E-state index < -0.39 is 22.5 Å². The number of carbonyl (C=O) groups excluding carboxylic acids is 1. The molecule has 0 saturated carbocycles. The molecule has 3 aromatic rings. The van der Waals surface area contributed by atoms with E-state index in [0.717, 1.165) is 6.07 Å². The standard InChI is InChI=1S/C21H20ClFN2O5S/c22-20-13(2-1-5-25-31(28)29)9-16(23)11-18(20)21(27)14-3-4-19-15(8-14)10-17(12-24-19)30-7-6-26/h3-4,8-12,26,31H,1-2,5-7H2,(H,25,28,29). The number of pyridine rings is 1. The molecule has 0 amide bonds. The number of nitrogens with one attached hydrogen (secondary N) is 1. The fourth-order valence-electron chi connectivity index (χ4n) is 3.09. The quantitative estimate of drug-likeness (QED) is 0.241. The Hall–Kier alpha value is -2.59. The minimum atomic E-state index is -2.70. The van der Waals surface area contributed by atoms with Crippen molar-refractivity contribution < 1.29 is 27.4 Å². The zero-order chi connectivity index (χ0) is 22.4. The van der Waals surface area contributed by atoms with Gasteiger partial charge < -0.3 is 9.84 Å². The second kappa shape index (κ2) is 10.6. The van der Waals surface area contributed by atoms with Gasteiger partial charge >= 0.3 is 0 Å². The first kappa shape index (κ1) is 23.1. The van der Waals surface area contributed by atoms with Crippen LogP contribution in [-0.4, -0.2) is 44.1 Å². The number of halogens is 2. The molecule has 0 aliphatic rings. The van der Waals surface area contributed by atoms with Gasteiger partial charge in [0.1, 0.15) is 18.2 Å². The normalized spacial score (nSPS) is 11.2. The van der Waals surface area contributed by atoms with Crippen LogP contribution in [0, 0.1) is 5.82 Å². The molecule has 1 aromatic heterocycles. The molecule has 0 aliphatic carbocycles. The van der Waals surface area contributed by atoms with Crippen molar-refractivity contribution in [3.63, 3.8) is 0 Å². The highest BCUT2D eigenvalue weighted by Crippen LogP contribution is 2.28. The first-order valence-electron chi connectivity index (χ1n) is 9.43. The fraction of sp³-hybridized carbons (Fsp3) is 0.238. The Morgan fingerprint density at radius 3 is 2.77 bits per heavy atom. The molecule has 2 aromatic carbocycles. The number of hydrogen-bond donors (Lipinski definition) is 3. The maximum Gasteiger partial charge on any atom is 0.201 e. The number of rotatable bonds is 10. The number of aliphatic hydroxyl groups excluding tert-OH is 1. The van der Waals surface area contributed by atoms with Crippen molar-refractivity contribution in [2.45, 2.75) is 12.8 Å². The number of ketones is 1. The number of hydrogen-bond acceptors (Lipinski definition) is 6. The summed E-state index contributed by atoms with van der Waals surface area (Å²) in [6.07, 6.45) is 2.23. The van der Waals surface area contributed by atoms with Gasteiger partial charge in [0.2, 0.25) is 10.9 Å². The number of aliphatic hydroxyl groups is 1. The second-order valence-corrected chi connectivity index (χ2v) is 7.88. The summed E-state index contributed by atoms with van der Waals surface area (Å²) >= 11 is 6.38. The Morgan fingerprint density at radius 2 is 2.03 bits per heavy atom. The molecular formula is C21H20ClFN2O5S. The molecule has 0 atom stereocenters. The number of nitrogens with zero attached hydrogens (tertiary/aromatic N) is 1. The summed E-state index contributed by atoms with van der Waals surface area (Å²) in [4.78, 5) is 17.3. The summed E-state index contributed by atoms with van der Waals surface area (Å²) in [7, 11) is -2.70. The van der Waals surface area contributed by atoms with Crippen molar-refractivity contribution in [1.29, 1.82) is 0 Å². The molecule has 2 N–H and O–H groups in total. The number of thiol groups is 1. The van der Waals surface area contributed by atoms with E-state index in [4.69, 9.17) is 21.4 Å². The molecule has 31 heavy (non-hydrogen) atoms. The molecule has 0 fully saturated rings. The van der Waals surface area contributed by atoms with Gasteiger partial charge in [-0.3, -0.25) is 9.78 Å². The van der Waals surface area contributed by atoms with Crippen LogP contribution in [0.1, 0.15) is 27.9 Å². The summed E-state index contributed by atoms with van der Waals surface area (Å²) in [5.41, 5.74) is 1.40. The van der Waals surface area contributed by atoms with Gasteiger partial charge in [-0.25, -0.2) is 17.5 Å². The summed E-state index contributed by atoms with van der Waals surface area (Å²) in [6.45, 7) is 0.170. The SMILES string of the molecule is O=C(c1ccc2ncc(OCCO)cc2c1)c1cc(F)cc(CCCN[SH](=O)=O)c1Cl. The third kappa shape index (κ3) is 5.98. The lowest BCUT2D eigenvalue weighted by Gasteiger charge is -2.11.